The number of aliphatic hydroxyl groups is 1. The number of benzene rings is 1. The number of carbonyl (C=O) groups is 4. The number of hydroxylamine groups is 1. The maximum absolute atomic E-state index is 15.1. The van der Waals surface area contributed by atoms with E-state index in [2.05, 4.69) is 12.2 Å². The number of likely N-dealkylation sites (tertiary alicyclic amines) is 1. The van der Waals surface area contributed by atoms with E-state index in [1.165, 1.54) is 19.0 Å². The number of rotatable bonds is 8. The van der Waals surface area contributed by atoms with Crippen molar-refractivity contribution in [3.05, 3.63) is 40.4 Å². The second kappa shape index (κ2) is 14.4. The Morgan fingerprint density at radius 3 is 2.28 bits per heavy atom. The average molecular weight is 819 g/mol. The lowest BCUT2D eigenvalue weighted by Crippen LogP contribution is -2.84. The van der Waals surface area contributed by atoms with Crippen molar-refractivity contribution >= 4 is 41.5 Å². The van der Waals surface area contributed by atoms with Crippen LogP contribution in [0, 0.1) is 29.6 Å². The Labute approximate surface area is 340 Å². The Hall–Kier alpha value is -3.43. The summed E-state index contributed by atoms with van der Waals surface area (Å²) in [7, 11) is 1.52. The van der Waals surface area contributed by atoms with E-state index < -0.39 is 93.1 Å². The molecule has 1 aromatic carbocycles. The number of amides is 1. The van der Waals surface area contributed by atoms with E-state index in [0.717, 1.165) is 19.3 Å². The smallest absolute Gasteiger partial charge is 0.477 e. The highest BCUT2D eigenvalue weighted by molar-refractivity contribution is 6.33. The molecule has 6 rings (SSSR count). The van der Waals surface area contributed by atoms with Crippen LogP contribution in [0.25, 0.3) is 0 Å². The van der Waals surface area contributed by atoms with Crippen LogP contribution in [0.3, 0.4) is 0 Å². The number of carboxylic acids is 1. The number of carbonyl (C=O) groups excluding carboxylic acids is 2. The second-order valence-electron chi connectivity index (χ2n) is 19.3. The van der Waals surface area contributed by atoms with Gasteiger partial charge in [0.2, 0.25) is 11.1 Å². The van der Waals surface area contributed by atoms with Gasteiger partial charge in [-0.1, -0.05) is 43.7 Å². The molecule has 0 bridgehead atoms. The molecule has 1 saturated heterocycles. The van der Waals surface area contributed by atoms with Gasteiger partial charge < -0.3 is 34.8 Å². The zero-order valence-corrected chi connectivity index (χ0v) is 35.8. The van der Waals surface area contributed by atoms with Crippen molar-refractivity contribution in [3.63, 3.8) is 0 Å². The molecule has 0 radical (unpaired) electrons. The summed E-state index contributed by atoms with van der Waals surface area (Å²) in [6, 6.07) is 5.24. The first-order valence-corrected chi connectivity index (χ1v) is 20.5. The van der Waals surface area contributed by atoms with E-state index in [0.29, 0.717) is 24.6 Å². The normalized spacial score (nSPS) is 36.9. The molecular weight excluding hydrogens is 758 g/mol. The Morgan fingerprint density at radius 1 is 1.09 bits per heavy atom. The molecule has 316 valence electrons. The molecular formula is C42H61ClN3O11+. The molecule has 57 heavy (non-hydrogen) atoms. The summed E-state index contributed by atoms with van der Waals surface area (Å²) in [6.07, 6.45) is -1.44. The van der Waals surface area contributed by atoms with Crippen molar-refractivity contribution in [3.8, 4) is 0 Å². The number of carboxylic acid groups (broad SMARTS) is 2. The van der Waals surface area contributed by atoms with E-state index >= 15 is 4.79 Å². The Morgan fingerprint density at radius 2 is 1.74 bits per heavy atom. The summed E-state index contributed by atoms with van der Waals surface area (Å²) >= 11 is 6.82. The van der Waals surface area contributed by atoms with Crippen molar-refractivity contribution in [2.24, 2.45) is 29.6 Å². The number of nitrogens with one attached hydrogen (secondary N) is 1. The number of hydrogen-bond acceptors (Lipinski definition) is 11. The number of fused-ring (bicyclic) bond motifs is 4. The molecule has 4 N–H and O–H groups in total. The molecule has 2 aliphatic heterocycles. The first-order chi connectivity index (χ1) is 26.3. The largest absolute Gasteiger partial charge is 0.517 e. The standard InChI is InChI=1S/C42H60ClN3O11/c1-22-19-29-27(23(2)20-44-26-16-17-26)18-15-24(3)42(29,53)33(32(22)54-25(4)47)40(35(48)49)21-41(56-37(52)55-39(8,9)10)28-13-12-14-30(43)31(28)45(11)57-34(41)46(40,36(50)51)38(5,6)7/h12-14,19,23-24,26-27,29,32-34,44,53H,15-18,20-21H2,1-11H3,(H-,48,49,50,51)/p+1/t23-,24+,27-,29?,32-,33+,34+,40-,41+,42+,46?/m0/s1. The quantitative estimate of drug-likeness (QED) is 0.120. The van der Waals surface area contributed by atoms with Crippen molar-refractivity contribution in [2.45, 2.75) is 148 Å². The molecule has 3 aliphatic carbocycles. The van der Waals surface area contributed by atoms with Crippen molar-refractivity contribution in [1.82, 2.24) is 5.32 Å². The van der Waals surface area contributed by atoms with Gasteiger partial charge in [0.15, 0.2) is 0 Å². The van der Waals surface area contributed by atoms with Crippen LogP contribution in [-0.2, 0) is 34.2 Å². The molecule has 15 heteroatoms. The maximum Gasteiger partial charge on any atom is 0.517 e. The van der Waals surface area contributed by atoms with Gasteiger partial charge in [-0.25, -0.2) is 19.5 Å². The van der Waals surface area contributed by atoms with Gasteiger partial charge in [0.05, 0.1) is 28.6 Å². The predicted molar refractivity (Wildman–Crippen MR) is 210 cm³/mol. The number of quaternary nitrogens is 1. The fourth-order valence-corrected chi connectivity index (χ4v) is 11.5. The predicted octanol–water partition coefficient (Wildman–Crippen LogP) is 7.00. The van der Waals surface area contributed by atoms with Gasteiger partial charge in [0, 0.05) is 31.5 Å². The third kappa shape index (κ3) is 6.52. The van der Waals surface area contributed by atoms with Gasteiger partial charge in [0.25, 0.3) is 6.23 Å². The van der Waals surface area contributed by atoms with Crippen LogP contribution < -0.4 is 10.4 Å². The summed E-state index contributed by atoms with van der Waals surface area (Å²) in [5.41, 5.74) is -8.55. The minimum absolute atomic E-state index is 0.0331. The molecule has 3 fully saturated rings. The number of aliphatic carboxylic acids is 1. The van der Waals surface area contributed by atoms with E-state index in [-0.39, 0.29) is 28.1 Å². The number of ether oxygens (including phenoxy) is 3. The van der Waals surface area contributed by atoms with Gasteiger partial charge in [-0.15, -0.1) is 0 Å². The summed E-state index contributed by atoms with van der Waals surface area (Å²) in [5, 5.41) is 43.2. The summed E-state index contributed by atoms with van der Waals surface area (Å²) in [6.45, 7) is 17.3. The lowest BCUT2D eigenvalue weighted by molar-refractivity contribution is -0.979. The lowest BCUT2D eigenvalue weighted by atomic mass is 9.48. The molecule has 2 saturated carbocycles. The minimum atomic E-state index is -2.64. The van der Waals surface area contributed by atoms with Crippen LogP contribution in [0.1, 0.15) is 107 Å². The fourth-order valence-electron chi connectivity index (χ4n) is 11.2. The molecule has 14 nitrogen and oxygen atoms in total. The van der Waals surface area contributed by atoms with Crippen LogP contribution in [0.5, 0.6) is 0 Å². The number of para-hydroxylation sites is 1. The van der Waals surface area contributed by atoms with E-state index in [9.17, 15) is 29.7 Å². The fraction of sp³-hybridized carbons (Fsp3) is 0.714. The van der Waals surface area contributed by atoms with Crippen molar-refractivity contribution < 1.29 is 58.0 Å². The third-order valence-electron chi connectivity index (χ3n) is 13.6. The zero-order chi connectivity index (χ0) is 42.4. The Kier molecular flexibility index (Phi) is 10.9. The number of esters is 1. The third-order valence-corrected chi connectivity index (χ3v) is 13.9. The van der Waals surface area contributed by atoms with Gasteiger partial charge in [-0.05, 0) is 110 Å². The molecule has 2 heterocycles. The van der Waals surface area contributed by atoms with E-state index in [4.69, 9.17) is 30.6 Å². The highest BCUT2D eigenvalue weighted by atomic mass is 35.5. The maximum atomic E-state index is 15.1. The first kappa shape index (κ1) is 43.2. The minimum Gasteiger partial charge on any atom is -0.477 e. The summed E-state index contributed by atoms with van der Waals surface area (Å²) in [5.74, 6) is -5.36. The summed E-state index contributed by atoms with van der Waals surface area (Å²) in [4.78, 5) is 63.8. The Balaban J connectivity index is 1.73. The average Bonchev–Trinajstić information content (AvgIpc) is 3.85. The molecule has 2 unspecified atom stereocenters. The van der Waals surface area contributed by atoms with Crippen molar-refractivity contribution in [2.75, 3.05) is 18.7 Å². The number of anilines is 1. The van der Waals surface area contributed by atoms with E-state index in [1.54, 1.807) is 66.7 Å². The second-order valence-corrected chi connectivity index (χ2v) is 19.7. The highest BCUT2D eigenvalue weighted by Gasteiger charge is 2.90. The van der Waals surface area contributed by atoms with Crippen molar-refractivity contribution in [1.29, 1.82) is 0 Å². The molecule has 11 atom stereocenters. The number of halogens is 1. The van der Waals surface area contributed by atoms with Gasteiger partial charge in [-0.3, -0.25) is 4.79 Å². The lowest BCUT2D eigenvalue weighted by Gasteiger charge is -2.63. The molecule has 0 spiro atoms. The topological polar surface area (TPSA) is 181 Å². The molecule has 1 aromatic rings. The molecule has 0 aromatic heterocycles. The van der Waals surface area contributed by atoms with Crippen LogP contribution in [0.2, 0.25) is 5.02 Å². The number of hydrogen-bond donors (Lipinski definition) is 4. The molecule has 5 aliphatic rings. The van der Waals surface area contributed by atoms with Gasteiger partial charge in [-0.2, -0.15) is 9.28 Å². The van der Waals surface area contributed by atoms with Crippen LogP contribution in [0.15, 0.2) is 29.8 Å². The number of nitrogens with zero attached hydrogens (tertiary/aromatic N) is 2. The van der Waals surface area contributed by atoms with Crippen LogP contribution >= 0.6 is 11.6 Å². The van der Waals surface area contributed by atoms with Gasteiger partial charge >= 0.3 is 24.2 Å². The van der Waals surface area contributed by atoms with Crippen LogP contribution in [-0.4, -0.2) is 98.2 Å². The zero-order valence-electron chi connectivity index (χ0n) is 35.1. The summed E-state index contributed by atoms with van der Waals surface area (Å²) < 4.78 is 16.9. The van der Waals surface area contributed by atoms with Gasteiger partial charge in [0.1, 0.15) is 17.2 Å². The SMILES string of the molecule is CC(=O)O[C@H]1C(C)=CC2[C@H]([C@@H](C)CNC3CC3)CC[C@@H](C)[C@]2(O)[C@H]1[C@]1(C(=O)O)C[C@@]2(OC(=O)OC(C)(C)C)c3cccc(Cl)c3N(C)O[C@H]2[N+]1(C(=O)O)C(C)(C)C. The van der Waals surface area contributed by atoms with E-state index in [1.807, 2.05) is 13.0 Å². The first-order valence-electron chi connectivity index (χ1n) is 20.1. The monoisotopic (exact) mass is 818 g/mol. The highest BCUT2D eigenvalue weighted by Crippen LogP contribution is 2.69. The molecule has 1 amide bonds. The Bertz CT molecular complexity index is 1840. The van der Waals surface area contributed by atoms with Crippen LogP contribution in [0.4, 0.5) is 15.3 Å².